The first-order valence-electron chi connectivity index (χ1n) is 7.88. The lowest BCUT2D eigenvalue weighted by Crippen LogP contribution is -2.47. The lowest BCUT2D eigenvalue weighted by Gasteiger charge is -2.36. The SMILES string of the molecule is Nc1cc2c(cc1N1CCN(CC3CC3)CC1)NC(=O)C2. The van der Waals surface area contributed by atoms with Crippen molar-refractivity contribution < 1.29 is 4.79 Å². The second kappa shape index (κ2) is 4.91. The van der Waals surface area contributed by atoms with E-state index in [1.165, 1.54) is 19.4 Å². The van der Waals surface area contributed by atoms with Crippen LogP contribution in [0.5, 0.6) is 0 Å². The predicted octanol–water partition coefficient (Wildman–Crippen LogP) is 1.30. The lowest BCUT2D eigenvalue weighted by atomic mass is 10.1. The molecule has 1 aliphatic carbocycles. The summed E-state index contributed by atoms with van der Waals surface area (Å²) in [6, 6.07) is 4.01. The van der Waals surface area contributed by atoms with E-state index in [1.807, 2.05) is 12.1 Å². The summed E-state index contributed by atoms with van der Waals surface area (Å²) in [5, 5.41) is 2.92. The van der Waals surface area contributed by atoms with Crippen LogP contribution in [0, 0.1) is 5.92 Å². The van der Waals surface area contributed by atoms with Gasteiger partial charge >= 0.3 is 0 Å². The number of amides is 1. The van der Waals surface area contributed by atoms with Crippen molar-refractivity contribution in [2.45, 2.75) is 19.3 Å². The molecule has 1 saturated carbocycles. The fourth-order valence-electron chi connectivity index (χ4n) is 3.39. The minimum absolute atomic E-state index is 0.0656. The summed E-state index contributed by atoms with van der Waals surface area (Å²) in [5.74, 6) is 1.02. The van der Waals surface area contributed by atoms with Gasteiger partial charge in [-0.25, -0.2) is 0 Å². The third kappa shape index (κ3) is 2.58. The van der Waals surface area contributed by atoms with Crippen LogP contribution in [0.15, 0.2) is 12.1 Å². The Morgan fingerprint density at radius 1 is 1.19 bits per heavy atom. The molecule has 5 nitrogen and oxygen atoms in total. The summed E-state index contributed by atoms with van der Waals surface area (Å²) in [6.07, 6.45) is 3.28. The number of hydrogen-bond acceptors (Lipinski definition) is 4. The third-order valence-electron chi connectivity index (χ3n) is 4.80. The van der Waals surface area contributed by atoms with Crippen molar-refractivity contribution in [2.24, 2.45) is 5.92 Å². The zero-order valence-corrected chi connectivity index (χ0v) is 12.3. The van der Waals surface area contributed by atoms with Crippen LogP contribution in [0.1, 0.15) is 18.4 Å². The number of nitrogen functional groups attached to an aromatic ring is 1. The number of nitrogens with one attached hydrogen (secondary N) is 1. The van der Waals surface area contributed by atoms with Crippen molar-refractivity contribution in [2.75, 3.05) is 48.7 Å². The number of carbonyl (C=O) groups is 1. The van der Waals surface area contributed by atoms with Gasteiger partial charge in [-0.05, 0) is 36.5 Å². The Kier molecular flexibility index (Phi) is 3.03. The van der Waals surface area contributed by atoms with Gasteiger partial charge in [-0.1, -0.05) is 0 Å². The number of fused-ring (bicyclic) bond motifs is 1. The van der Waals surface area contributed by atoms with Crippen molar-refractivity contribution in [3.63, 3.8) is 0 Å². The molecule has 112 valence electrons. The van der Waals surface area contributed by atoms with E-state index in [4.69, 9.17) is 5.73 Å². The first kappa shape index (κ1) is 13.0. The Bertz CT molecular complexity index is 574. The van der Waals surface area contributed by atoms with E-state index in [1.54, 1.807) is 0 Å². The number of piperazine rings is 1. The van der Waals surface area contributed by atoms with E-state index in [0.717, 1.165) is 54.7 Å². The number of hydrogen-bond donors (Lipinski definition) is 2. The molecule has 1 aromatic carbocycles. The molecule has 21 heavy (non-hydrogen) atoms. The van der Waals surface area contributed by atoms with Crippen LogP contribution >= 0.6 is 0 Å². The van der Waals surface area contributed by atoms with Gasteiger partial charge in [0.1, 0.15) is 0 Å². The Balaban J connectivity index is 1.47. The second-order valence-electron chi connectivity index (χ2n) is 6.52. The van der Waals surface area contributed by atoms with Gasteiger partial charge < -0.3 is 16.0 Å². The predicted molar refractivity (Wildman–Crippen MR) is 84.6 cm³/mol. The zero-order valence-electron chi connectivity index (χ0n) is 12.3. The molecule has 0 unspecified atom stereocenters. The van der Waals surface area contributed by atoms with E-state index in [2.05, 4.69) is 15.1 Å². The molecule has 5 heteroatoms. The Labute approximate surface area is 125 Å². The van der Waals surface area contributed by atoms with E-state index >= 15 is 0 Å². The summed E-state index contributed by atoms with van der Waals surface area (Å²) >= 11 is 0. The maximum Gasteiger partial charge on any atom is 0.228 e. The molecular weight excluding hydrogens is 264 g/mol. The second-order valence-corrected chi connectivity index (χ2v) is 6.52. The molecule has 0 atom stereocenters. The van der Waals surface area contributed by atoms with Crippen molar-refractivity contribution in [3.8, 4) is 0 Å². The minimum Gasteiger partial charge on any atom is -0.397 e. The highest BCUT2D eigenvalue weighted by Gasteiger charge is 2.27. The maximum absolute atomic E-state index is 11.5. The molecule has 0 aromatic heterocycles. The fraction of sp³-hybridized carbons (Fsp3) is 0.562. The molecule has 2 heterocycles. The topological polar surface area (TPSA) is 61.6 Å². The van der Waals surface area contributed by atoms with Crippen LogP contribution in [0.25, 0.3) is 0 Å². The van der Waals surface area contributed by atoms with Crippen LogP contribution in [0.4, 0.5) is 17.1 Å². The third-order valence-corrected chi connectivity index (χ3v) is 4.80. The molecule has 3 N–H and O–H groups in total. The monoisotopic (exact) mass is 286 g/mol. The van der Waals surface area contributed by atoms with Gasteiger partial charge in [0.15, 0.2) is 0 Å². The van der Waals surface area contributed by atoms with E-state index in [0.29, 0.717) is 6.42 Å². The van der Waals surface area contributed by atoms with Crippen LogP contribution < -0.4 is 16.0 Å². The van der Waals surface area contributed by atoms with E-state index in [-0.39, 0.29) is 5.91 Å². The van der Waals surface area contributed by atoms with Gasteiger partial charge in [0, 0.05) is 38.4 Å². The summed E-state index contributed by atoms with van der Waals surface area (Å²) in [6.45, 7) is 5.52. The van der Waals surface area contributed by atoms with Crippen LogP contribution in [0.2, 0.25) is 0 Å². The normalized spacial score (nSPS) is 22.3. The van der Waals surface area contributed by atoms with Gasteiger partial charge in [-0.3, -0.25) is 9.69 Å². The Hall–Kier alpha value is -1.75. The maximum atomic E-state index is 11.5. The summed E-state index contributed by atoms with van der Waals surface area (Å²) in [7, 11) is 0. The molecule has 1 saturated heterocycles. The van der Waals surface area contributed by atoms with Crippen molar-refractivity contribution in [1.82, 2.24) is 4.90 Å². The number of nitrogens with two attached hydrogens (primary N) is 1. The molecule has 2 fully saturated rings. The number of anilines is 3. The number of benzene rings is 1. The zero-order chi connectivity index (χ0) is 14.4. The van der Waals surface area contributed by atoms with Gasteiger partial charge in [0.25, 0.3) is 0 Å². The molecule has 0 spiro atoms. The first-order chi connectivity index (χ1) is 10.2. The Morgan fingerprint density at radius 2 is 1.95 bits per heavy atom. The number of nitrogens with zero attached hydrogens (tertiary/aromatic N) is 2. The highest BCUT2D eigenvalue weighted by Crippen LogP contribution is 2.35. The molecule has 0 bridgehead atoms. The summed E-state index contributed by atoms with van der Waals surface area (Å²) in [5.41, 5.74) is 10.0. The molecule has 1 amide bonds. The van der Waals surface area contributed by atoms with Crippen LogP contribution in [-0.4, -0.2) is 43.5 Å². The van der Waals surface area contributed by atoms with Gasteiger partial charge in [0.05, 0.1) is 17.8 Å². The van der Waals surface area contributed by atoms with Crippen LogP contribution in [0.3, 0.4) is 0 Å². The van der Waals surface area contributed by atoms with Crippen molar-refractivity contribution in [3.05, 3.63) is 17.7 Å². The lowest BCUT2D eigenvalue weighted by molar-refractivity contribution is -0.115. The highest BCUT2D eigenvalue weighted by molar-refractivity contribution is 6.00. The average Bonchev–Trinajstić information content (AvgIpc) is 3.19. The molecule has 3 aliphatic rings. The quantitative estimate of drug-likeness (QED) is 0.822. The highest BCUT2D eigenvalue weighted by atomic mass is 16.1. The first-order valence-corrected chi connectivity index (χ1v) is 7.88. The number of carbonyl (C=O) groups excluding carboxylic acids is 1. The standard InChI is InChI=1S/C16H22N4O/c17-13-7-12-8-16(21)18-14(12)9-15(13)20-5-3-19(4-6-20)10-11-1-2-11/h7,9,11H,1-6,8,10,17H2,(H,18,21). The van der Waals surface area contributed by atoms with Gasteiger partial charge in [0.2, 0.25) is 5.91 Å². The molecule has 2 aliphatic heterocycles. The minimum atomic E-state index is 0.0656. The Morgan fingerprint density at radius 3 is 2.67 bits per heavy atom. The van der Waals surface area contributed by atoms with Crippen molar-refractivity contribution >= 4 is 23.0 Å². The average molecular weight is 286 g/mol. The number of rotatable bonds is 3. The van der Waals surface area contributed by atoms with Gasteiger partial charge in [-0.2, -0.15) is 0 Å². The summed E-state index contributed by atoms with van der Waals surface area (Å²) < 4.78 is 0. The largest absolute Gasteiger partial charge is 0.397 e. The molecule has 1 aromatic rings. The van der Waals surface area contributed by atoms with Gasteiger partial charge in [-0.15, -0.1) is 0 Å². The van der Waals surface area contributed by atoms with E-state index in [9.17, 15) is 4.79 Å². The fourth-order valence-corrected chi connectivity index (χ4v) is 3.39. The van der Waals surface area contributed by atoms with Crippen LogP contribution in [-0.2, 0) is 11.2 Å². The van der Waals surface area contributed by atoms with Crippen molar-refractivity contribution in [1.29, 1.82) is 0 Å². The summed E-state index contributed by atoms with van der Waals surface area (Å²) in [4.78, 5) is 16.4. The molecular formula is C16H22N4O. The molecule has 4 rings (SSSR count). The molecule has 0 radical (unpaired) electrons. The smallest absolute Gasteiger partial charge is 0.228 e. The van der Waals surface area contributed by atoms with E-state index < -0.39 is 0 Å².